The van der Waals surface area contributed by atoms with Crippen LogP contribution in [0.1, 0.15) is 58.3 Å². The van der Waals surface area contributed by atoms with Crippen molar-refractivity contribution in [1.29, 1.82) is 0 Å². The molecule has 0 unspecified atom stereocenters. The van der Waals surface area contributed by atoms with Crippen LogP contribution in [0.3, 0.4) is 0 Å². The highest BCUT2D eigenvalue weighted by Gasteiger charge is 2.23. The first-order valence-electron chi connectivity index (χ1n) is 6.03. The van der Waals surface area contributed by atoms with Gasteiger partial charge in [0.1, 0.15) is 0 Å². The Morgan fingerprint density at radius 1 is 1.21 bits per heavy atom. The molecule has 0 saturated heterocycles. The normalized spacial score (nSPS) is 27.5. The molecule has 2 N–H and O–H groups in total. The van der Waals surface area contributed by atoms with Crippen LogP contribution < -0.4 is 5.73 Å². The van der Waals surface area contributed by atoms with Gasteiger partial charge in [-0.05, 0) is 31.6 Å². The number of hydrogen-bond donors (Lipinski definition) is 1. The summed E-state index contributed by atoms with van der Waals surface area (Å²) in [4.78, 5) is 10.9. The minimum atomic E-state index is -0.0861. The number of hydrogen-bond acceptors (Lipinski definition) is 1. The van der Waals surface area contributed by atoms with Crippen molar-refractivity contribution in [2.75, 3.05) is 0 Å². The molecule has 82 valence electrons. The Bertz CT molecular complexity index is 171. The number of carbonyl (C=O) groups excluding carboxylic acids is 1. The molecule has 1 fully saturated rings. The molecular weight excluding hydrogens is 174 g/mol. The van der Waals surface area contributed by atoms with E-state index in [1.165, 1.54) is 38.5 Å². The highest BCUT2D eigenvalue weighted by molar-refractivity contribution is 5.76. The second-order valence-electron chi connectivity index (χ2n) is 4.62. The number of nitrogens with two attached hydrogens (primary N) is 1. The number of rotatable bonds is 5. The minimum Gasteiger partial charge on any atom is -0.369 e. The maximum absolute atomic E-state index is 10.9. The topological polar surface area (TPSA) is 43.1 Å². The molecule has 0 aromatic heterocycles. The Kier molecular flexibility index (Phi) is 4.99. The van der Waals surface area contributed by atoms with E-state index in [-0.39, 0.29) is 11.8 Å². The molecule has 1 saturated carbocycles. The molecule has 0 bridgehead atoms. The fourth-order valence-electron chi connectivity index (χ4n) is 2.42. The van der Waals surface area contributed by atoms with E-state index in [0.717, 1.165) is 18.8 Å². The summed E-state index contributed by atoms with van der Waals surface area (Å²) in [5.41, 5.74) is 5.30. The van der Waals surface area contributed by atoms with E-state index >= 15 is 0 Å². The molecule has 1 amide bonds. The monoisotopic (exact) mass is 197 g/mol. The van der Waals surface area contributed by atoms with Gasteiger partial charge in [-0.3, -0.25) is 4.79 Å². The molecule has 0 aromatic carbocycles. The largest absolute Gasteiger partial charge is 0.369 e. The average Bonchev–Trinajstić information content (AvgIpc) is 2.19. The predicted molar refractivity (Wildman–Crippen MR) is 58.8 cm³/mol. The fraction of sp³-hybridized carbons (Fsp3) is 0.917. The third-order valence-corrected chi connectivity index (χ3v) is 3.47. The van der Waals surface area contributed by atoms with E-state index in [2.05, 4.69) is 6.92 Å². The number of primary amides is 1. The highest BCUT2D eigenvalue weighted by atomic mass is 16.1. The van der Waals surface area contributed by atoms with Crippen molar-refractivity contribution < 1.29 is 4.79 Å². The fourth-order valence-corrected chi connectivity index (χ4v) is 2.42. The van der Waals surface area contributed by atoms with Crippen molar-refractivity contribution >= 4 is 5.91 Å². The molecule has 0 radical (unpaired) electrons. The molecule has 0 aliphatic heterocycles. The third-order valence-electron chi connectivity index (χ3n) is 3.47. The molecule has 1 aliphatic carbocycles. The molecule has 0 heterocycles. The summed E-state index contributed by atoms with van der Waals surface area (Å²) in [7, 11) is 0. The van der Waals surface area contributed by atoms with Gasteiger partial charge in [0.15, 0.2) is 0 Å². The summed E-state index contributed by atoms with van der Waals surface area (Å²) < 4.78 is 0. The van der Waals surface area contributed by atoms with Gasteiger partial charge >= 0.3 is 0 Å². The van der Waals surface area contributed by atoms with Crippen LogP contribution in [-0.2, 0) is 4.79 Å². The van der Waals surface area contributed by atoms with Gasteiger partial charge in [-0.2, -0.15) is 0 Å². The van der Waals surface area contributed by atoms with Gasteiger partial charge in [-0.1, -0.05) is 32.6 Å². The smallest absolute Gasteiger partial charge is 0.220 e. The van der Waals surface area contributed by atoms with Crippen LogP contribution in [0.2, 0.25) is 0 Å². The first-order chi connectivity index (χ1) is 6.74. The maximum atomic E-state index is 10.9. The maximum Gasteiger partial charge on any atom is 0.220 e. The Morgan fingerprint density at radius 3 is 2.36 bits per heavy atom. The SMILES string of the molecule is CCCCC[C@H]1CC[C@@H](C(N)=O)CC1. The predicted octanol–water partition coefficient (Wildman–Crippen LogP) is 2.86. The zero-order valence-corrected chi connectivity index (χ0v) is 9.30. The van der Waals surface area contributed by atoms with E-state index < -0.39 is 0 Å². The third kappa shape index (κ3) is 3.69. The second kappa shape index (κ2) is 6.05. The van der Waals surface area contributed by atoms with Gasteiger partial charge in [-0.15, -0.1) is 0 Å². The number of unbranched alkanes of at least 4 members (excludes halogenated alkanes) is 2. The lowest BCUT2D eigenvalue weighted by Gasteiger charge is -2.26. The molecule has 2 heteroatoms. The van der Waals surface area contributed by atoms with Crippen molar-refractivity contribution in [3.8, 4) is 0 Å². The molecule has 1 aliphatic rings. The standard InChI is InChI=1S/C12H23NO/c1-2-3-4-5-10-6-8-11(9-7-10)12(13)14/h10-11H,2-9H2,1H3,(H2,13,14)/t10-,11+. The van der Waals surface area contributed by atoms with Crippen LogP contribution in [0.25, 0.3) is 0 Å². The summed E-state index contributed by atoms with van der Waals surface area (Å²) in [6, 6.07) is 0. The Hall–Kier alpha value is -0.530. The van der Waals surface area contributed by atoms with Gasteiger partial charge in [0.05, 0.1) is 0 Å². The van der Waals surface area contributed by atoms with Crippen molar-refractivity contribution in [3.63, 3.8) is 0 Å². The van der Waals surface area contributed by atoms with Crippen molar-refractivity contribution in [2.45, 2.75) is 58.3 Å². The second-order valence-corrected chi connectivity index (χ2v) is 4.62. The number of amides is 1. The van der Waals surface area contributed by atoms with Crippen LogP contribution in [0, 0.1) is 11.8 Å². The van der Waals surface area contributed by atoms with Gasteiger partial charge in [-0.25, -0.2) is 0 Å². The molecule has 0 atom stereocenters. The van der Waals surface area contributed by atoms with Gasteiger partial charge in [0.2, 0.25) is 5.91 Å². The first-order valence-corrected chi connectivity index (χ1v) is 6.03. The van der Waals surface area contributed by atoms with Crippen LogP contribution in [0.5, 0.6) is 0 Å². The van der Waals surface area contributed by atoms with Crippen molar-refractivity contribution in [1.82, 2.24) is 0 Å². The van der Waals surface area contributed by atoms with Gasteiger partial charge in [0, 0.05) is 5.92 Å². The molecular formula is C12H23NO. The quantitative estimate of drug-likeness (QED) is 0.677. The van der Waals surface area contributed by atoms with Crippen molar-refractivity contribution in [3.05, 3.63) is 0 Å². The summed E-state index contributed by atoms with van der Waals surface area (Å²) in [6.07, 6.45) is 9.89. The van der Waals surface area contributed by atoms with E-state index in [1.807, 2.05) is 0 Å². The zero-order valence-electron chi connectivity index (χ0n) is 9.30. The van der Waals surface area contributed by atoms with Crippen LogP contribution in [0.4, 0.5) is 0 Å². The van der Waals surface area contributed by atoms with Crippen molar-refractivity contribution in [2.24, 2.45) is 17.6 Å². The zero-order chi connectivity index (χ0) is 10.4. The molecule has 14 heavy (non-hydrogen) atoms. The van der Waals surface area contributed by atoms with E-state index in [1.54, 1.807) is 0 Å². The van der Waals surface area contributed by atoms with E-state index in [0.29, 0.717) is 0 Å². The lowest BCUT2D eigenvalue weighted by Crippen LogP contribution is -2.27. The van der Waals surface area contributed by atoms with E-state index in [9.17, 15) is 4.79 Å². The van der Waals surface area contributed by atoms with Crippen LogP contribution in [-0.4, -0.2) is 5.91 Å². The summed E-state index contributed by atoms with van der Waals surface area (Å²) >= 11 is 0. The van der Waals surface area contributed by atoms with Crippen LogP contribution >= 0.6 is 0 Å². The summed E-state index contributed by atoms with van der Waals surface area (Å²) in [6.45, 7) is 2.24. The molecule has 1 rings (SSSR count). The Morgan fingerprint density at radius 2 is 1.86 bits per heavy atom. The Balaban J connectivity index is 2.12. The van der Waals surface area contributed by atoms with Crippen LogP contribution in [0.15, 0.2) is 0 Å². The highest BCUT2D eigenvalue weighted by Crippen LogP contribution is 2.31. The summed E-state index contributed by atoms with van der Waals surface area (Å²) in [5.74, 6) is 0.964. The first kappa shape index (κ1) is 11.5. The van der Waals surface area contributed by atoms with E-state index in [4.69, 9.17) is 5.73 Å². The Labute approximate surface area is 87.2 Å². The molecule has 2 nitrogen and oxygen atoms in total. The molecule has 0 spiro atoms. The lowest BCUT2D eigenvalue weighted by atomic mass is 9.79. The van der Waals surface area contributed by atoms with Gasteiger partial charge < -0.3 is 5.73 Å². The average molecular weight is 197 g/mol. The number of carbonyl (C=O) groups is 1. The lowest BCUT2D eigenvalue weighted by molar-refractivity contribution is -0.122. The van der Waals surface area contributed by atoms with Gasteiger partial charge in [0.25, 0.3) is 0 Å². The summed E-state index contributed by atoms with van der Waals surface area (Å²) in [5, 5.41) is 0. The molecule has 0 aromatic rings. The minimum absolute atomic E-state index is 0.0861.